The van der Waals surface area contributed by atoms with Gasteiger partial charge < -0.3 is 30.9 Å². The first-order valence-electron chi connectivity index (χ1n) is 7.45. The lowest BCUT2D eigenvalue weighted by Gasteiger charge is -2.21. The number of nitrogens with one attached hydrogen (secondary N) is 1. The number of aromatic nitrogens is 4. The smallest absolute Gasteiger partial charge is 0.223 e. The summed E-state index contributed by atoms with van der Waals surface area (Å²) in [6, 6.07) is -0.505. The molecule has 2 heterocycles. The molecule has 0 spiro atoms. The van der Waals surface area contributed by atoms with E-state index in [9.17, 15) is 15.3 Å². The number of rotatable bonds is 4. The second-order valence-electron chi connectivity index (χ2n) is 5.90. The van der Waals surface area contributed by atoms with Crippen LogP contribution in [0.15, 0.2) is 12.5 Å². The Labute approximate surface area is 143 Å². The number of halogens is 1. The molecule has 6 N–H and O–H groups in total. The molecule has 9 nitrogen and oxygen atoms in total. The molecule has 1 saturated carbocycles. The zero-order chi connectivity index (χ0) is 17.4. The van der Waals surface area contributed by atoms with Gasteiger partial charge in [-0.3, -0.25) is 0 Å². The van der Waals surface area contributed by atoms with E-state index in [2.05, 4.69) is 20.3 Å². The number of aliphatic hydroxyl groups excluding tert-OH is 3. The highest BCUT2D eigenvalue weighted by molar-refractivity contribution is 6.32. The highest BCUT2D eigenvalue weighted by atomic mass is 35.5. The molecule has 1 aliphatic carbocycles. The third-order valence-corrected chi connectivity index (χ3v) is 4.59. The van der Waals surface area contributed by atoms with Crippen molar-refractivity contribution >= 4 is 23.4 Å². The van der Waals surface area contributed by atoms with Crippen LogP contribution in [0.3, 0.4) is 0 Å². The van der Waals surface area contributed by atoms with E-state index in [0.717, 1.165) is 0 Å². The zero-order valence-electron chi connectivity index (χ0n) is 13.0. The van der Waals surface area contributed by atoms with Gasteiger partial charge in [0.25, 0.3) is 0 Å². The number of hydrogen-bond acceptors (Lipinski definition) is 8. The van der Waals surface area contributed by atoms with E-state index in [1.165, 1.54) is 0 Å². The largest absolute Gasteiger partial charge is 0.396 e. The van der Waals surface area contributed by atoms with Gasteiger partial charge in [0.15, 0.2) is 0 Å². The number of aryl methyl sites for hydroxylation is 1. The highest BCUT2D eigenvalue weighted by Crippen LogP contribution is 2.35. The second kappa shape index (κ2) is 6.52. The molecule has 0 aromatic carbocycles. The van der Waals surface area contributed by atoms with E-state index in [1.807, 2.05) is 0 Å². The topological polar surface area (TPSA) is 142 Å². The monoisotopic (exact) mass is 354 g/mol. The Hall–Kier alpha value is -1.94. The summed E-state index contributed by atoms with van der Waals surface area (Å²) in [4.78, 5) is 12.2. The van der Waals surface area contributed by atoms with Gasteiger partial charge in [-0.1, -0.05) is 11.6 Å². The Balaban J connectivity index is 1.98. The van der Waals surface area contributed by atoms with Crippen LogP contribution < -0.4 is 11.1 Å². The van der Waals surface area contributed by atoms with Gasteiger partial charge in [-0.05, 0) is 6.42 Å². The SMILES string of the molecule is Cn1cncc1-c1c(Cl)nc(N)nc1N[C@@H]1C[C@H](CO)[C@@H](O)[C@H]1O. The van der Waals surface area contributed by atoms with E-state index < -0.39 is 24.2 Å². The van der Waals surface area contributed by atoms with Gasteiger partial charge in [-0.2, -0.15) is 4.98 Å². The number of imidazole rings is 1. The third-order valence-electron chi connectivity index (χ3n) is 4.31. The summed E-state index contributed by atoms with van der Waals surface area (Å²) in [6.07, 6.45) is 1.55. The summed E-state index contributed by atoms with van der Waals surface area (Å²) in [7, 11) is 1.80. The van der Waals surface area contributed by atoms with Gasteiger partial charge in [-0.15, -0.1) is 0 Å². The van der Waals surface area contributed by atoms with Crippen molar-refractivity contribution in [1.82, 2.24) is 19.5 Å². The Morgan fingerprint density at radius 3 is 2.71 bits per heavy atom. The Kier molecular flexibility index (Phi) is 4.59. The van der Waals surface area contributed by atoms with Gasteiger partial charge in [0.1, 0.15) is 17.1 Å². The molecule has 10 heteroatoms. The minimum absolute atomic E-state index is 0.0137. The number of nitrogens with zero attached hydrogens (tertiary/aromatic N) is 4. The van der Waals surface area contributed by atoms with Crippen LogP contribution in [-0.2, 0) is 7.05 Å². The lowest BCUT2D eigenvalue weighted by atomic mass is 10.1. The molecule has 0 aliphatic heterocycles. The average Bonchev–Trinajstić information content (AvgIpc) is 3.05. The van der Waals surface area contributed by atoms with Crippen molar-refractivity contribution in [3.63, 3.8) is 0 Å². The lowest BCUT2D eigenvalue weighted by molar-refractivity contribution is 0.00446. The Morgan fingerprint density at radius 2 is 2.12 bits per heavy atom. The van der Waals surface area contributed by atoms with Crippen LogP contribution in [-0.4, -0.2) is 59.7 Å². The van der Waals surface area contributed by atoms with Crippen LogP contribution in [0, 0.1) is 5.92 Å². The number of anilines is 2. The van der Waals surface area contributed by atoms with E-state index in [4.69, 9.17) is 17.3 Å². The molecule has 24 heavy (non-hydrogen) atoms. The first-order chi connectivity index (χ1) is 11.4. The molecule has 4 atom stereocenters. The van der Waals surface area contributed by atoms with Crippen LogP contribution in [0.2, 0.25) is 5.15 Å². The van der Waals surface area contributed by atoms with E-state index in [0.29, 0.717) is 23.5 Å². The fourth-order valence-electron chi connectivity index (χ4n) is 3.00. The van der Waals surface area contributed by atoms with Crippen LogP contribution in [0.25, 0.3) is 11.3 Å². The fourth-order valence-corrected chi connectivity index (χ4v) is 3.28. The van der Waals surface area contributed by atoms with Crippen molar-refractivity contribution in [3.05, 3.63) is 17.7 Å². The maximum Gasteiger partial charge on any atom is 0.223 e. The van der Waals surface area contributed by atoms with Crippen molar-refractivity contribution in [1.29, 1.82) is 0 Å². The molecular weight excluding hydrogens is 336 g/mol. The predicted molar refractivity (Wildman–Crippen MR) is 88.3 cm³/mol. The van der Waals surface area contributed by atoms with Gasteiger partial charge in [0.05, 0.1) is 35.9 Å². The summed E-state index contributed by atoms with van der Waals surface area (Å²) in [5, 5.41) is 32.7. The molecule has 2 aromatic rings. The molecule has 0 unspecified atom stereocenters. The van der Waals surface area contributed by atoms with Crippen LogP contribution in [0.5, 0.6) is 0 Å². The van der Waals surface area contributed by atoms with E-state index in [1.54, 1.807) is 24.1 Å². The number of hydrogen-bond donors (Lipinski definition) is 5. The standard InChI is InChI=1S/C14H19ClN6O3/c1-21-5-17-3-8(21)9-12(15)19-14(16)20-13(9)18-7-2-6(4-22)10(23)11(7)24/h3,5-7,10-11,22-24H,2,4H2,1H3,(H3,16,18,19,20)/t6-,7-,10-,11+/m1/s1. The zero-order valence-corrected chi connectivity index (χ0v) is 13.7. The van der Waals surface area contributed by atoms with Crippen molar-refractivity contribution in [2.45, 2.75) is 24.7 Å². The van der Waals surface area contributed by atoms with Crippen molar-refractivity contribution in [2.75, 3.05) is 17.7 Å². The lowest BCUT2D eigenvalue weighted by Crippen LogP contribution is -2.35. The minimum atomic E-state index is -1.04. The molecule has 1 aliphatic rings. The Morgan fingerprint density at radius 1 is 1.38 bits per heavy atom. The number of nitrogens with two attached hydrogens (primary N) is 1. The van der Waals surface area contributed by atoms with Gasteiger partial charge in [0.2, 0.25) is 5.95 Å². The molecular formula is C14H19ClN6O3. The molecule has 130 valence electrons. The molecule has 0 radical (unpaired) electrons. The van der Waals surface area contributed by atoms with Gasteiger partial charge in [-0.25, -0.2) is 9.97 Å². The van der Waals surface area contributed by atoms with Crippen molar-refractivity contribution in [2.24, 2.45) is 13.0 Å². The normalized spacial score (nSPS) is 26.7. The first kappa shape index (κ1) is 16.9. The maximum atomic E-state index is 10.2. The molecule has 1 fully saturated rings. The summed E-state index contributed by atoms with van der Waals surface area (Å²) < 4.78 is 1.75. The molecule has 3 rings (SSSR count). The van der Waals surface area contributed by atoms with Crippen LogP contribution >= 0.6 is 11.6 Å². The summed E-state index contributed by atoms with van der Waals surface area (Å²) in [6.45, 7) is -0.211. The molecule has 0 bridgehead atoms. The van der Waals surface area contributed by atoms with Crippen LogP contribution in [0.4, 0.5) is 11.8 Å². The minimum Gasteiger partial charge on any atom is -0.396 e. The Bertz CT molecular complexity index is 739. The predicted octanol–water partition coefficient (Wildman–Crippen LogP) is -0.373. The van der Waals surface area contributed by atoms with Crippen LogP contribution in [0.1, 0.15) is 6.42 Å². The van der Waals surface area contributed by atoms with Gasteiger partial charge in [0, 0.05) is 19.6 Å². The summed E-state index contributed by atoms with van der Waals surface area (Å²) >= 11 is 6.24. The van der Waals surface area contributed by atoms with Gasteiger partial charge >= 0.3 is 0 Å². The number of aliphatic hydroxyl groups is 3. The van der Waals surface area contributed by atoms with E-state index in [-0.39, 0.29) is 17.7 Å². The first-order valence-corrected chi connectivity index (χ1v) is 7.83. The molecule has 0 amide bonds. The average molecular weight is 355 g/mol. The maximum absolute atomic E-state index is 10.2. The molecule has 2 aromatic heterocycles. The second-order valence-corrected chi connectivity index (χ2v) is 6.25. The fraction of sp³-hybridized carbons (Fsp3) is 0.500. The molecule has 0 saturated heterocycles. The van der Waals surface area contributed by atoms with E-state index >= 15 is 0 Å². The van der Waals surface area contributed by atoms with Crippen molar-refractivity contribution in [3.8, 4) is 11.3 Å². The van der Waals surface area contributed by atoms with Crippen molar-refractivity contribution < 1.29 is 15.3 Å². The summed E-state index contributed by atoms with van der Waals surface area (Å²) in [5.74, 6) is -0.0848. The quantitative estimate of drug-likeness (QED) is 0.468. The third kappa shape index (κ3) is 2.91. The number of nitrogen functional groups attached to an aromatic ring is 1. The highest BCUT2D eigenvalue weighted by Gasteiger charge is 2.41. The summed E-state index contributed by atoms with van der Waals surface area (Å²) in [5.41, 5.74) is 6.86.